The summed E-state index contributed by atoms with van der Waals surface area (Å²) in [6.07, 6.45) is 3.83. The van der Waals surface area contributed by atoms with Crippen LogP contribution in [0.25, 0.3) is 33.4 Å². The van der Waals surface area contributed by atoms with Gasteiger partial charge >= 0.3 is 0 Å². The highest BCUT2D eigenvalue weighted by atomic mass is 14.5. The van der Waals surface area contributed by atoms with E-state index in [4.69, 9.17) is 0 Å². The Morgan fingerprint density at radius 1 is 0.684 bits per heavy atom. The van der Waals surface area contributed by atoms with E-state index in [1.807, 2.05) is 0 Å². The lowest BCUT2D eigenvalue weighted by atomic mass is 9.79. The van der Waals surface area contributed by atoms with Crippen LogP contribution in [-0.4, -0.2) is 0 Å². The molecular weight excluding hydrogens is 456 g/mol. The Kier molecular flexibility index (Phi) is 5.01. The van der Waals surface area contributed by atoms with Crippen LogP contribution in [0.3, 0.4) is 0 Å². The molecule has 0 bridgehead atoms. The summed E-state index contributed by atoms with van der Waals surface area (Å²) in [5.41, 5.74) is 19.0. The highest BCUT2D eigenvalue weighted by Crippen LogP contribution is 2.59. The second kappa shape index (κ2) is 7.95. The fourth-order valence-corrected chi connectivity index (χ4v) is 7.54. The van der Waals surface area contributed by atoms with Crippen molar-refractivity contribution in [3.05, 3.63) is 106 Å². The van der Waals surface area contributed by atoms with Gasteiger partial charge in [0.2, 0.25) is 0 Å². The lowest BCUT2D eigenvalue weighted by molar-refractivity contribution is 0.649. The summed E-state index contributed by atoms with van der Waals surface area (Å²) < 4.78 is 0. The van der Waals surface area contributed by atoms with Gasteiger partial charge < -0.3 is 0 Å². The van der Waals surface area contributed by atoms with Gasteiger partial charge in [0.15, 0.2) is 0 Å². The SMILES string of the molecule is CCC(C)c1ccc2c(c1)C(C)(C)c1cc3c(cc1-2)C(C)(C)c1ccc(C)c(-c2ccccc2C2CC2)c1-3. The predicted octanol–water partition coefficient (Wildman–Crippen LogP) is 10.7. The van der Waals surface area contributed by atoms with Gasteiger partial charge in [-0.15, -0.1) is 0 Å². The van der Waals surface area contributed by atoms with Crippen molar-refractivity contribution in [1.29, 1.82) is 0 Å². The van der Waals surface area contributed by atoms with Crippen molar-refractivity contribution in [2.24, 2.45) is 0 Å². The quantitative estimate of drug-likeness (QED) is 0.263. The van der Waals surface area contributed by atoms with Crippen LogP contribution < -0.4 is 0 Å². The third-order valence-electron chi connectivity index (χ3n) is 10.3. The Balaban J connectivity index is 1.49. The maximum atomic E-state index is 2.59. The largest absolute Gasteiger partial charge is 0.0648 e. The molecule has 0 heteroatoms. The topological polar surface area (TPSA) is 0 Å². The number of hydrogen-bond acceptors (Lipinski definition) is 0. The molecule has 0 N–H and O–H groups in total. The number of hydrogen-bond donors (Lipinski definition) is 0. The highest BCUT2D eigenvalue weighted by molar-refractivity contribution is 5.97. The van der Waals surface area contributed by atoms with Gasteiger partial charge in [0.25, 0.3) is 0 Å². The van der Waals surface area contributed by atoms with E-state index in [9.17, 15) is 0 Å². The van der Waals surface area contributed by atoms with Crippen molar-refractivity contribution in [3.63, 3.8) is 0 Å². The summed E-state index contributed by atoms with van der Waals surface area (Å²) in [4.78, 5) is 0. The minimum atomic E-state index is -0.0275. The van der Waals surface area contributed by atoms with Gasteiger partial charge in [-0.05, 0) is 122 Å². The van der Waals surface area contributed by atoms with Gasteiger partial charge in [-0.3, -0.25) is 0 Å². The third-order valence-corrected chi connectivity index (χ3v) is 10.3. The third kappa shape index (κ3) is 3.16. The predicted molar refractivity (Wildman–Crippen MR) is 162 cm³/mol. The number of fused-ring (bicyclic) bond motifs is 6. The first-order valence-corrected chi connectivity index (χ1v) is 14.7. The highest BCUT2D eigenvalue weighted by Gasteiger charge is 2.43. The van der Waals surface area contributed by atoms with Crippen LogP contribution in [0.15, 0.2) is 66.7 Å². The maximum Gasteiger partial charge on any atom is 0.0159 e. The van der Waals surface area contributed by atoms with Crippen LogP contribution in [0.2, 0.25) is 0 Å². The molecule has 3 aliphatic carbocycles. The summed E-state index contributed by atoms with van der Waals surface area (Å²) in [6.45, 7) is 16.7. The number of rotatable bonds is 4. The Morgan fingerprint density at radius 3 is 2.08 bits per heavy atom. The van der Waals surface area contributed by atoms with Gasteiger partial charge in [0, 0.05) is 10.8 Å². The molecule has 4 aromatic carbocycles. The normalized spacial score (nSPS) is 18.5. The van der Waals surface area contributed by atoms with Crippen LogP contribution in [-0.2, 0) is 10.8 Å². The molecule has 0 nitrogen and oxygen atoms in total. The molecule has 1 fully saturated rings. The minimum absolute atomic E-state index is 0.00796. The summed E-state index contributed by atoms with van der Waals surface area (Å²) >= 11 is 0. The van der Waals surface area contributed by atoms with E-state index in [1.54, 1.807) is 5.56 Å². The Bertz CT molecular complexity index is 1620. The van der Waals surface area contributed by atoms with E-state index < -0.39 is 0 Å². The molecule has 1 unspecified atom stereocenters. The van der Waals surface area contributed by atoms with Crippen LogP contribution >= 0.6 is 0 Å². The fourth-order valence-electron chi connectivity index (χ4n) is 7.54. The van der Waals surface area contributed by atoms with Gasteiger partial charge in [-0.1, -0.05) is 96.1 Å². The Hall–Kier alpha value is -3.12. The van der Waals surface area contributed by atoms with Crippen LogP contribution in [0.5, 0.6) is 0 Å². The zero-order valence-corrected chi connectivity index (χ0v) is 24.1. The van der Waals surface area contributed by atoms with Crippen LogP contribution in [0, 0.1) is 6.92 Å². The van der Waals surface area contributed by atoms with Crippen molar-refractivity contribution < 1.29 is 0 Å². The second-order valence-electron chi connectivity index (χ2n) is 13.3. The van der Waals surface area contributed by atoms with Crippen molar-refractivity contribution in [3.8, 4) is 33.4 Å². The molecule has 1 atom stereocenters. The van der Waals surface area contributed by atoms with Gasteiger partial charge in [0.05, 0.1) is 0 Å². The molecule has 38 heavy (non-hydrogen) atoms. The van der Waals surface area contributed by atoms with Crippen molar-refractivity contribution in [2.45, 2.75) is 90.4 Å². The molecular formula is C38H40. The zero-order valence-electron chi connectivity index (χ0n) is 24.1. The first-order chi connectivity index (χ1) is 18.1. The first-order valence-electron chi connectivity index (χ1n) is 14.7. The summed E-state index contributed by atoms with van der Waals surface area (Å²) in [5.74, 6) is 1.32. The van der Waals surface area contributed by atoms with Crippen molar-refractivity contribution >= 4 is 0 Å². The van der Waals surface area contributed by atoms with E-state index in [1.165, 1.54) is 86.0 Å². The average Bonchev–Trinajstić information content (AvgIpc) is 3.70. The summed E-state index contributed by atoms with van der Waals surface area (Å²) in [5, 5.41) is 0. The van der Waals surface area contributed by atoms with Gasteiger partial charge in [-0.2, -0.15) is 0 Å². The van der Waals surface area contributed by atoms with E-state index in [0.717, 1.165) is 5.92 Å². The lowest BCUT2D eigenvalue weighted by Crippen LogP contribution is -2.17. The molecule has 0 aromatic heterocycles. The standard InChI is InChI=1S/C38H40/c1-8-22(2)25-16-17-27-29-20-34-30(21-33(29)38(6,7)32(27)19-25)36-31(37(34,4)5)18-13-23(3)35(36)28-12-10-9-11-26(28)24-14-15-24/h9-13,16-22,24H,8,14-15H2,1-7H3. The summed E-state index contributed by atoms with van der Waals surface area (Å²) in [6, 6.07) is 26.5. The molecule has 192 valence electrons. The molecule has 0 saturated heterocycles. The van der Waals surface area contributed by atoms with Crippen LogP contribution in [0.4, 0.5) is 0 Å². The van der Waals surface area contributed by atoms with E-state index in [0.29, 0.717) is 5.92 Å². The smallest absolute Gasteiger partial charge is 0.0159 e. The van der Waals surface area contributed by atoms with Gasteiger partial charge in [0.1, 0.15) is 0 Å². The Labute approximate surface area is 229 Å². The van der Waals surface area contributed by atoms with Crippen LogP contribution in [0.1, 0.15) is 112 Å². The van der Waals surface area contributed by atoms with Crippen molar-refractivity contribution in [1.82, 2.24) is 0 Å². The zero-order chi connectivity index (χ0) is 26.6. The van der Waals surface area contributed by atoms with E-state index in [-0.39, 0.29) is 10.8 Å². The molecule has 0 amide bonds. The van der Waals surface area contributed by atoms with Gasteiger partial charge in [-0.25, -0.2) is 0 Å². The molecule has 0 aliphatic heterocycles. The number of benzene rings is 4. The van der Waals surface area contributed by atoms with E-state index >= 15 is 0 Å². The van der Waals surface area contributed by atoms with Crippen molar-refractivity contribution in [2.75, 3.05) is 0 Å². The fraction of sp³-hybridized carbons (Fsp3) is 0.368. The molecule has 0 spiro atoms. The maximum absolute atomic E-state index is 2.59. The number of aryl methyl sites for hydroxylation is 1. The average molecular weight is 497 g/mol. The monoisotopic (exact) mass is 496 g/mol. The molecule has 3 aliphatic rings. The molecule has 1 saturated carbocycles. The molecule has 0 heterocycles. The lowest BCUT2D eigenvalue weighted by Gasteiger charge is -2.24. The summed E-state index contributed by atoms with van der Waals surface area (Å²) in [7, 11) is 0. The molecule has 7 rings (SSSR count). The molecule has 0 radical (unpaired) electrons. The Morgan fingerprint density at radius 2 is 1.34 bits per heavy atom. The van der Waals surface area contributed by atoms with E-state index in [2.05, 4.69) is 115 Å². The minimum Gasteiger partial charge on any atom is -0.0648 e. The second-order valence-corrected chi connectivity index (χ2v) is 13.3. The molecule has 4 aromatic rings. The first kappa shape index (κ1) is 24.0.